The van der Waals surface area contributed by atoms with E-state index in [1.54, 1.807) is 49.6 Å². The Balaban J connectivity index is 2.04. The molecule has 2 aromatic rings. The number of nitrogens with zero attached hydrogens (tertiary/aromatic N) is 3. The van der Waals surface area contributed by atoms with Gasteiger partial charge in [-0.25, -0.2) is 0 Å². The van der Waals surface area contributed by atoms with Gasteiger partial charge in [0.15, 0.2) is 5.72 Å². The van der Waals surface area contributed by atoms with E-state index in [0.717, 1.165) is 5.01 Å². The normalized spacial score (nSPS) is 20.9. The van der Waals surface area contributed by atoms with Crippen LogP contribution in [-0.4, -0.2) is 26.7 Å². The molecule has 2 heterocycles. The fourth-order valence-corrected chi connectivity index (χ4v) is 2.96. The number of rotatable bonds is 2. The van der Waals surface area contributed by atoms with Crippen molar-refractivity contribution in [3.05, 3.63) is 64.4 Å². The van der Waals surface area contributed by atoms with Crippen molar-refractivity contribution in [3.8, 4) is 0 Å². The van der Waals surface area contributed by atoms with Gasteiger partial charge in [-0.15, -0.1) is 0 Å². The first-order valence-electron chi connectivity index (χ1n) is 6.78. The summed E-state index contributed by atoms with van der Waals surface area (Å²) in [4.78, 5) is 16.8. The number of aromatic nitrogens is 1. The Morgan fingerprint density at radius 3 is 2.77 bits per heavy atom. The molecule has 0 saturated heterocycles. The molecule has 0 spiro atoms. The first kappa shape index (κ1) is 14.9. The van der Waals surface area contributed by atoms with Crippen LogP contribution in [0.15, 0.2) is 58.4 Å². The fourth-order valence-electron chi connectivity index (χ4n) is 2.51. The predicted molar refractivity (Wildman–Crippen MR) is 86.2 cm³/mol. The van der Waals surface area contributed by atoms with Gasteiger partial charge < -0.3 is 5.11 Å². The minimum atomic E-state index is -1.51. The molecule has 1 atom stereocenters. The van der Waals surface area contributed by atoms with E-state index in [9.17, 15) is 9.90 Å². The van der Waals surface area contributed by atoms with Crippen LogP contribution in [-0.2, 0) is 5.72 Å². The summed E-state index contributed by atoms with van der Waals surface area (Å²) in [6, 6.07) is 10.5. The van der Waals surface area contributed by atoms with Crippen molar-refractivity contribution in [1.82, 2.24) is 9.99 Å². The fraction of sp³-hybridized carbons (Fsp3) is 0.188. The van der Waals surface area contributed by atoms with Crippen molar-refractivity contribution in [2.45, 2.75) is 19.1 Å². The maximum Gasteiger partial charge on any atom is 0.278 e. The molecule has 6 heteroatoms. The van der Waals surface area contributed by atoms with Crippen LogP contribution in [0.4, 0.5) is 0 Å². The summed E-state index contributed by atoms with van der Waals surface area (Å²) in [6.07, 6.45) is 3.43. The van der Waals surface area contributed by atoms with E-state index in [0.29, 0.717) is 21.3 Å². The lowest BCUT2D eigenvalue weighted by molar-refractivity contribution is -0.0767. The first-order valence-corrected chi connectivity index (χ1v) is 7.58. The number of hydrogen-bond donors (Lipinski definition) is 1. The zero-order valence-corrected chi connectivity index (χ0v) is 13.5. The standard InChI is InChI=1S/C16H14BrN3O2/c1-11-9-16(22,12-5-4-8-18-10-12)20(19-11)15(21)13-6-2-3-7-14(13)17/h2-8,10,22H,9H2,1H3/t16-/m0/s1. The third-order valence-corrected chi connectivity index (χ3v) is 4.24. The van der Waals surface area contributed by atoms with E-state index in [1.807, 2.05) is 6.07 Å². The van der Waals surface area contributed by atoms with Gasteiger partial charge in [0.2, 0.25) is 0 Å². The van der Waals surface area contributed by atoms with Crippen molar-refractivity contribution >= 4 is 27.5 Å². The smallest absolute Gasteiger partial charge is 0.278 e. The highest BCUT2D eigenvalue weighted by Gasteiger charge is 2.45. The molecule has 5 nitrogen and oxygen atoms in total. The second-order valence-corrected chi connectivity index (χ2v) is 6.02. The molecule has 1 N–H and O–H groups in total. The molecule has 1 aromatic heterocycles. The molecule has 0 saturated carbocycles. The quantitative estimate of drug-likeness (QED) is 0.896. The number of hydrazone groups is 1. The Hall–Kier alpha value is -2.05. The van der Waals surface area contributed by atoms with Crippen LogP contribution in [0.25, 0.3) is 0 Å². The highest BCUT2D eigenvalue weighted by Crippen LogP contribution is 2.36. The molecule has 0 aliphatic carbocycles. The first-order chi connectivity index (χ1) is 10.5. The van der Waals surface area contributed by atoms with Gasteiger partial charge >= 0.3 is 0 Å². The van der Waals surface area contributed by atoms with Gasteiger partial charge in [-0.2, -0.15) is 10.1 Å². The third kappa shape index (κ3) is 2.44. The molecule has 1 amide bonds. The van der Waals surface area contributed by atoms with Gasteiger partial charge in [0.25, 0.3) is 5.91 Å². The van der Waals surface area contributed by atoms with E-state index >= 15 is 0 Å². The molecule has 0 radical (unpaired) electrons. The number of carbonyl (C=O) groups excluding carboxylic acids is 1. The second-order valence-electron chi connectivity index (χ2n) is 5.17. The number of carbonyl (C=O) groups is 1. The number of benzene rings is 1. The van der Waals surface area contributed by atoms with Crippen LogP contribution in [0, 0.1) is 0 Å². The summed E-state index contributed by atoms with van der Waals surface area (Å²) in [5.41, 5.74) is 0.163. The van der Waals surface area contributed by atoms with Crippen LogP contribution < -0.4 is 0 Å². The van der Waals surface area contributed by atoms with Gasteiger partial charge in [0.05, 0.1) is 5.56 Å². The molecule has 112 valence electrons. The minimum absolute atomic E-state index is 0.259. The summed E-state index contributed by atoms with van der Waals surface area (Å²) in [7, 11) is 0. The lowest BCUT2D eigenvalue weighted by Gasteiger charge is -2.31. The van der Waals surface area contributed by atoms with Crippen LogP contribution >= 0.6 is 15.9 Å². The maximum atomic E-state index is 12.8. The summed E-state index contributed by atoms with van der Waals surface area (Å²) >= 11 is 3.36. The third-order valence-electron chi connectivity index (χ3n) is 3.54. The van der Waals surface area contributed by atoms with Crippen LogP contribution in [0.2, 0.25) is 0 Å². The van der Waals surface area contributed by atoms with Gasteiger partial charge in [0.1, 0.15) is 0 Å². The van der Waals surface area contributed by atoms with Crippen molar-refractivity contribution in [2.24, 2.45) is 5.10 Å². The maximum absolute atomic E-state index is 12.8. The Morgan fingerprint density at radius 2 is 2.09 bits per heavy atom. The SMILES string of the molecule is CC1=NN(C(=O)c2ccccc2Br)[C@@](O)(c2cccnc2)C1. The van der Waals surface area contributed by atoms with Gasteiger partial charge in [-0.3, -0.25) is 9.78 Å². The number of aliphatic hydroxyl groups is 1. The van der Waals surface area contributed by atoms with Crippen LogP contribution in [0.3, 0.4) is 0 Å². The van der Waals surface area contributed by atoms with Crippen LogP contribution in [0.1, 0.15) is 29.3 Å². The topological polar surface area (TPSA) is 65.8 Å². The minimum Gasteiger partial charge on any atom is -0.365 e. The molecule has 1 aliphatic rings. The second kappa shape index (κ2) is 5.62. The van der Waals surface area contributed by atoms with Crippen molar-refractivity contribution in [2.75, 3.05) is 0 Å². The monoisotopic (exact) mass is 359 g/mol. The molecule has 1 aromatic carbocycles. The average molecular weight is 360 g/mol. The van der Waals surface area contributed by atoms with Gasteiger partial charge in [-0.1, -0.05) is 18.2 Å². The Bertz CT molecular complexity index is 748. The zero-order valence-electron chi connectivity index (χ0n) is 11.9. The molecule has 1 aliphatic heterocycles. The number of hydrogen-bond acceptors (Lipinski definition) is 4. The lowest BCUT2D eigenvalue weighted by Crippen LogP contribution is -2.43. The summed E-state index contributed by atoms with van der Waals surface area (Å²) in [6.45, 7) is 1.79. The van der Waals surface area contributed by atoms with Crippen molar-refractivity contribution in [3.63, 3.8) is 0 Å². The molecule has 3 rings (SSSR count). The Morgan fingerprint density at radius 1 is 1.32 bits per heavy atom. The number of halogens is 1. The lowest BCUT2D eigenvalue weighted by atomic mass is 9.99. The Kier molecular flexibility index (Phi) is 3.80. The molecular formula is C16H14BrN3O2. The van der Waals surface area contributed by atoms with E-state index in [-0.39, 0.29) is 12.3 Å². The highest BCUT2D eigenvalue weighted by atomic mass is 79.9. The van der Waals surface area contributed by atoms with Crippen molar-refractivity contribution in [1.29, 1.82) is 0 Å². The summed E-state index contributed by atoms with van der Waals surface area (Å²) in [5.74, 6) is -0.365. The van der Waals surface area contributed by atoms with E-state index < -0.39 is 5.72 Å². The number of amides is 1. The number of pyridine rings is 1. The van der Waals surface area contributed by atoms with E-state index in [1.165, 1.54) is 0 Å². The summed E-state index contributed by atoms with van der Waals surface area (Å²) < 4.78 is 0.660. The Labute approximate surface area is 136 Å². The summed E-state index contributed by atoms with van der Waals surface area (Å²) in [5, 5.41) is 16.4. The predicted octanol–water partition coefficient (Wildman–Crippen LogP) is 2.91. The van der Waals surface area contributed by atoms with E-state index in [2.05, 4.69) is 26.0 Å². The van der Waals surface area contributed by atoms with Gasteiger partial charge in [0, 0.05) is 34.6 Å². The molecule has 22 heavy (non-hydrogen) atoms. The van der Waals surface area contributed by atoms with E-state index in [4.69, 9.17) is 0 Å². The van der Waals surface area contributed by atoms with Crippen LogP contribution in [0.5, 0.6) is 0 Å². The average Bonchev–Trinajstić information content (AvgIpc) is 2.84. The molecule has 0 unspecified atom stereocenters. The largest absolute Gasteiger partial charge is 0.365 e. The molecule has 0 fully saturated rings. The molecular weight excluding hydrogens is 346 g/mol. The molecule has 0 bridgehead atoms. The van der Waals surface area contributed by atoms with Gasteiger partial charge in [-0.05, 0) is 41.1 Å². The van der Waals surface area contributed by atoms with Crippen molar-refractivity contribution < 1.29 is 9.90 Å². The highest BCUT2D eigenvalue weighted by molar-refractivity contribution is 9.10. The zero-order chi connectivity index (χ0) is 15.7.